The Balaban J connectivity index is 1.61. The van der Waals surface area contributed by atoms with Crippen LogP contribution in [0, 0.1) is 33.6 Å². The van der Waals surface area contributed by atoms with Crippen LogP contribution >= 0.6 is 0 Å². The first-order valence-corrected chi connectivity index (χ1v) is 13.7. The Morgan fingerprint density at radius 2 is 1.55 bits per heavy atom. The summed E-state index contributed by atoms with van der Waals surface area (Å²) < 4.78 is 5.93. The molecule has 1 heterocycles. The van der Waals surface area contributed by atoms with Gasteiger partial charge in [0.1, 0.15) is 11.5 Å². The predicted octanol–water partition coefficient (Wildman–Crippen LogP) is 7.99. The minimum Gasteiger partial charge on any atom is -0.507 e. The van der Waals surface area contributed by atoms with E-state index < -0.39 is 0 Å². The van der Waals surface area contributed by atoms with Crippen LogP contribution in [0.2, 0.25) is 0 Å². The number of hydrogen-bond donors (Lipinski definition) is 2. The average molecular weight is 512 g/mol. The van der Waals surface area contributed by atoms with Gasteiger partial charge in [0.15, 0.2) is 0 Å². The largest absolute Gasteiger partial charge is 0.507 e. The summed E-state index contributed by atoms with van der Waals surface area (Å²) in [6, 6.07) is 18.2. The highest BCUT2D eigenvalue weighted by Gasteiger charge is 2.21. The van der Waals surface area contributed by atoms with Crippen molar-refractivity contribution in [2.24, 2.45) is 11.0 Å². The van der Waals surface area contributed by atoms with Gasteiger partial charge < -0.3 is 9.84 Å². The average Bonchev–Trinajstić information content (AvgIpc) is 2.85. The molecule has 5 heteroatoms. The quantitative estimate of drug-likeness (QED) is 0.271. The summed E-state index contributed by atoms with van der Waals surface area (Å²) in [6.45, 7) is 13.6. The molecule has 1 aliphatic rings. The third kappa shape index (κ3) is 6.77. The molecule has 0 saturated heterocycles. The standard InChI is InChI=1S/C33H41N3O2/c1-22(2)10-8-7-9-17-38-27-13-15-29(33(37)20-27)31-21-30(28-14-11-23(3)18-25(28)5)34-36(35-31)32-16-12-24(4)19-26(32)6/h11-16,18-22,34,37H,7-10,17H2,1-6H3. The monoisotopic (exact) mass is 511 g/mol. The number of unbranched alkanes of at least 4 members (excludes halogenated alkanes) is 2. The molecular formula is C33H41N3O2. The van der Waals surface area contributed by atoms with Crippen molar-refractivity contribution in [2.45, 2.75) is 67.2 Å². The molecule has 0 spiro atoms. The molecule has 1 aliphatic heterocycles. The van der Waals surface area contributed by atoms with E-state index in [-0.39, 0.29) is 5.75 Å². The molecule has 0 amide bonds. The summed E-state index contributed by atoms with van der Waals surface area (Å²) in [6.07, 6.45) is 6.66. The van der Waals surface area contributed by atoms with E-state index in [0.717, 1.165) is 41.3 Å². The summed E-state index contributed by atoms with van der Waals surface area (Å²) in [5, 5.41) is 17.7. The fraction of sp³-hybridized carbons (Fsp3) is 0.364. The van der Waals surface area contributed by atoms with E-state index in [1.807, 2.05) is 18.2 Å². The second-order valence-electron chi connectivity index (χ2n) is 10.8. The maximum Gasteiger partial charge on any atom is 0.128 e. The van der Waals surface area contributed by atoms with Crippen molar-refractivity contribution in [3.8, 4) is 11.5 Å². The van der Waals surface area contributed by atoms with Gasteiger partial charge in [0, 0.05) is 17.2 Å². The van der Waals surface area contributed by atoms with Crippen LogP contribution < -0.4 is 15.3 Å². The molecule has 4 rings (SSSR count). The first-order valence-electron chi connectivity index (χ1n) is 13.7. The maximum absolute atomic E-state index is 11.0. The zero-order chi connectivity index (χ0) is 27.2. The fourth-order valence-electron chi connectivity index (χ4n) is 4.83. The van der Waals surface area contributed by atoms with Crippen molar-refractivity contribution in [3.05, 3.63) is 94.1 Å². The zero-order valence-electron chi connectivity index (χ0n) is 23.6. The number of ether oxygens (including phenoxy) is 1. The maximum atomic E-state index is 11.0. The predicted molar refractivity (Wildman–Crippen MR) is 159 cm³/mol. The molecule has 38 heavy (non-hydrogen) atoms. The minimum absolute atomic E-state index is 0.153. The lowest BCUT2D eigenvalue weighted by atomic mass is 10.00. The van der Waals surface area contributed by atoms with Crippen molar-refractivity contribution in [2.75, 3.05) is 11.7 Å². The molecule has 5 nitrogen and oxygen atoms in total. The lowest BCUT2D eigenvalue weighted by Gasteiger charge is -2.29. The van der Waals surface area contributed by atoms with E-state index >= 15 is 0 Å². The number of aryl methyl sites for hydroxylation is 4. The number of nitrogens with zero attached hydrogens (tertiary/aromatic N) is 2. The normalized spacial score (nSPS) is 13.3. The molecule has 3 aromatic carbocycles. The molecule has 0 saturated carbocycles. The number of nitrogens with one attached hydrogen (secondary N) is 1. The van der Waals surface area contributed by atoms with Crippen LogP contribution in [-0.4, -0.2) is 17.4 Å². The number of hydrazine groups is 1. The van der Waals surface area contributed by atoms with Gasteiger partial charge >= 0.3 is 0 Å². The number of benzene rings is 3. The van der Waals surface area contributed by atoms with Crippen molar-refractivity contribution < 1.29 is 9.84 Å². The molecule has 0 radical (unpaired) electrons. The van der Waals surface area contributed by atoms with Crippen LogP contribution in [-0.2, 0) is 0 Å². The van der Waals surface area contributed by atoms with Crippen LogP contribution in [0.3, 0.4) is 0 Å². The van der Waals surface area contributed by atoms with Gasteiger partial charge in [0.05, 0.1) is 23.7 Å². The lowest BCUT2D eigenvalue weighted by molar-refractivity contribution is 0.301. The van der Waals surface area contributed by atoms with Gasteiger partial charge in [-0.1, -0.05) is 74.6 Å². The first kappa shape index (κ1) is 27.3. The van der Waals surface area contributed by atoms with Crippen LogP contribution in [0.25, 0.3) is 5.70 Å². The van der Waals surface area contributed by atoms with Gasteiger partial charge in [-0.3, -0.25) is 5.43 Å². The molecular weight excluding hydrogens is 470 g/mol. The smallest absolute Gasteiger partial charge is 0.128 e. The van der Waals surface area contributed by atoms with Crippen LogP contribution in [0.15, 0.2) is 65.8 Å². The molecule has 0 aliphatic carbocycles. The number of rotatable bonds is 10. The number of anilines is 1. The Bertz CT molecular complexity index is 1340. The molecule has 0 aromatic heterocycles. The van der Waals surface area contributed by atoms with E-state index in [1.54, 1.807) is 11.2 Å². The highest BCUT2D eigenvalue weighted by atomic mass is 16.5. The Hall–Kier alpha value is -3.73. The van der Waals surface area contributed by atoms with Crippen molar-refractivity contribution in [3.63, 3.8) is 0 Å². The van der Waals surface area contributed by atoms with Gasteiger partial charge in [-0.2, -0.15) is 10.2 Å². The van der Waals surface area contributed by atoms with Crippen molar-refractivity contribution in [1.82, 2.24) is 5.43 Å². The van der Waals surface area contributed by atoms with Crippen molar-refractivity contribution in [1.29, 1.82) is 0 Å². The summed E-state index contributed by atoms with van der Waals surface area (Å²) in [7, 11) is 0. The number of aromatic hydroxyl groups is 1. The van der Waals surface area contributed by atoms with Gasteiger partial charge in [-0.15, -0.1) is 0 Å². The highest BCUT2D eigenvalue weighted by Crippen LogP contribution is 2.31. The second-order valence-corrected chi connectivity index (χ2v) is 10.8. The molecule has 0 unspecified atom stereocenters. The summed E-state index contributed by atoms with van der Waals surface area (Å²) in [5.41, 5.74) is 12.5. The van der Waals surface area contributed by atoms with E-state index in [2.05, 4.69) is 83.4 Å². The Morgan fingerprint density at radius 3 is 2.24 bits per heavy atom. The topological polar surface area (TPSA) is 57.1 Å². The lowest BCUT2D eigenvalue weighted by Crippen LogP contribution is -2.37. The third-order valence-corrected chi connectivity index (χ3v) is 6.91. The van der Waals surface area contributed by atoms with E-state index in [4.69, 9.17) is 9.84 Å². The van der Waals surface area contributed by atoms with Gasteiger partial charge in [-0.25, -0.2) is 0 Å². The first-order chi connectivity index (χ1) is 18.2. The number of phenols is 1. The summed E-state index contributed by atoms with van der Waals surface area (Å²) in [5.74, 6) is 1.57. The SMILES string of the molecule is Cc1ccc(C2=CC(c3ccc(OCCCCCC(C)C)cc3O)=NN(c3ccc(C)cc3C)N2)c(C)c1. The Labute approximate surface area is 227 Å². The molecule has 200 valence electrons. The third-order valence-electron chi connectivity index (χ3n) is 6.91. The molecule has 0 bridgehead atoms. The number of hydrogen-bond acceptors (Lipinski definition) is 5. The van der Waals surface area contributed by atoms with Crippen molar-refractivity contribution >= 4 is 17.1 Å². The number of hydrazone groups is 1. The number of phenolic OH excluding ortho intramolecular Hbond substituents is 1. The van der Waals surface area contributed by atoms with Gasteiger partial charge in [0.2, 0.25) is 0 Å². The van der Waals surface area contributed by atoms with Gasteiger partial charge in [0.25, 0.3) is 0 Å². The number of allylic oxidation sites excluding steroid dienone is 1. The summed E-state index contributed by atoms with van der Waals surface area (Å²) >= 11 is 0. The highest BCUT2D eigenvalue weighted by molar-refractivity contribution is 6.15. The molecule has 3 aromatic rings. The Kier molecular flexibility index (Phi) is 8.77. The Morgan fingerprint density at radius 1 is 0.842 bits per heavy atom. The van der Waals surface area contributed by atoms with Crippen LogP contribution in [0.4, 0.5) is 5.69 Å². The molecule has 2 N–H and O–H groups in total. The van der Waals surface area contributed by atoms with E-state index in [1.165, 1.54) is 29.5 Å². The van der Waals surface area contributed by atoms with E-state index in [9.17, 15) is 5.11 Å². The molecule has 0 fully saturated rings. The summed E-state index contributed by atoms with van der Waals surface area (Å²) in [4.78, 5) is 0. The second kappa shape index (κ2) is 12.2. The minimum atomic E-state index is 0.153. The van der Waals surface area contributed by atoms with Crippen LogP contribution in [0.5, 0.6) is 11.5 Å². The molecule has 0 atom stereocenters. The van der Waals surface area contributed by atoms with E-state index in [0.29, 0.717) is 23.6 Å². The van der Waals surface area contributed by atoms with Crippen LogP contribution in [0.1, 0.15) is 72.9 Å². The zero-order valence-corrected chi connectivity index (χ0v) is 23.6. The van der Waals surface area contributed by atoms with Gasteiger partial charge in [-0.05, 0) is 75.4 Å². The fourth-order valence-corrected chi connectivity index (χ4v) is 4.83.